The molecule has 0 heterocycles. The van der Waals surface area contributed by atoms with Crippen LogP contribution in [0, 0.1) is 0 Å². The van der Waals surface area contributed by atoms with E-state index >= 15 is 0 Å². The van der Waals surface area contributed by atoms with E-state index in [-0.39, 0.29) is 6.61 Å². The molecule has 0 unspecified atom stereocenters. The van der Waals surface area contributed by atoms with E-state index in [1.807, 2.05) is 11.8 Å². The third kappa shape index (κ3) is 3.62. The molecule has 0 amide bonds. The number of thioether (sulfide) groups is 3. The summed E-state index contributed by atoms with van der Waals surface area (Å²) in [5, 5.41) is 8.87. The number of hydrogen-bond acceptors (Lipinski definition) is 4. The van der Waals surface area contributed by atoms with E-state index in [9.17, 15) is 0 Å². The Labute approximate surface area is 111 Å². The summed E-state index contributed by atoms with van der Waals surface area (Å²) in [6.07, 6.45) is 8.18. The first-order valence-corrected chi connectivity index (χ1v) is 8.84. The standard InChI is InChI=1S/C12H18OS3/c1-14-10-7-9(5-4-6-13)8-11(15-2)12(10)16-3/h7-8,13H,4-6H2,1-3H3. The minimum absolute atomic E-state index is 0.271. The Morgan fingerprint density at radius 2 is 1.56 bits per heavy atom. The number of benzene rings is 1. The van der Waals surface area contributed by atoms with Crippen LogP contribution in [0.15, 0.2) is 26.8 Å². The van der Waals surface area contributed by atoms with E-state index in [1.165, 1.54) is 20.2 Å². The van der Waals surface area contributed by atoms with Crippen molar-refractivity contribution in [2.24, 2.45) is 0 Å². The lowest BCUT2D eigenvalue weighted by atomic mass is 10.1. The quantitative estimate of drug-likeness (QED) is 0.796. The Morgan fingerprint density at radius 3 is 1.94 bits per heavy atom. The maximum absolute atomic E-state index is 8.87. The lowest BCUT2D eigenvalue weighted by Crippen LogP contribution is -1.92. The summed E-state index contributed by atoms with van der Waals surface area (Å²) < 4.78 is 0. The van der Waals surface area contributed by atoms with Crippen molar-refractivity contribution in [2.45, 2.75) is 27.5 Å². The normalized spacial score (nSPS) is 10.8. The van der Waals surface area contributed by atoms with Crippen LogP contribution in [0.4, 0.5) is 0 Å². The van der Waals surface area contributed by atoms with Crippen LogP contribution >= 0.6 is 35.3 Å². The zero-order valence-corrected chi connectivity index (χ0v) is 12.4. The Kier molecular flexibility index (Phi) is 6.73. The summed E-state index contributed by atoms with van der Waals surface area (Å²) in [6.45, 7) is 0.271. The van der Waals surface area contributed by atoms with Crippen molar-refractivity contribution >= 4 is 35.3 Å². The molecule has 1 aromatic carbocycles. The zero-order chi connectivity index (χ0) is 12.0. The van der Waals surface area contributed by atoms with Crippen LogP contribution in [-0.2, 0) is 6.42 Å². The molecular weight excluding hydrogens is 256 g/mol. The maximum atomic E-state index is 8.87. The molecule has 0 aliphatic heterocycles. The van der Waals surface area contributed by atoms with Gasteiger partial charge in [0, 0.05) is 21.3 Å². The van der Waals surface area contributed by atoms with Gasteiger partial charge < -0.3 is 5.11 Å². The van der Waals surface area contributed by atoms with Crippen LogP contribution in [0.25, 0.3) is 0 Å². The van der Waals surface area contributed by atoms with Crippen molar-refractivity contribution in [3.8, 4) is 0 Å². The number of aliphatic hydroxyl groups excluding tert-OH is 1. The monoisotopic (exact) mass is 274 g/mol. The second-order valence-corrected chi connectivity index (χ2v) is 5.87. The molecule has 1 nitrogen and oxygen atoms in total. The van der Waals surface area contributed by atoms with Crippen LogP contribution in [-0.4, -0.2) is 30.5 Å². The van der Waals surface area contributed by atoms with Crippen LogP contribution in [0.3, 0.4) is 0 Å². The molecule has 0 aliphatic rings. The second-order valence-electron chi connectivity index (χ2n) is 3.36. The summed E-state index contributed by atoms with van der Waals surface area (Å²) in [7, 11) is 0. The summed E-state index contributed by atoms with van der Waals surface area (Å²) in [5.74, 6) is 0. The van der Waals surface area contributed by atoms with Gasteiger partial charge in [0.15, 0.2) is 0 Å². The van der Waals surface area contributed by atoms with Gasteiger partial charge in [0.25, 0.3) is 0 Å². The van der Waals surface area contributed by atoms with Gasteiger partial charge in [-0.15, -0.1) is 35.3 Å². The number of aliphatic hydroxyl groups is 1. The molecule has 0 fully saturated rings. The van der Waals surface area contributed by atoms with E-state index < -0.39 is 0 Å². The molecule has 1 rings (SSSR count). The topological polar surface area (TPSA) is 20.2 Å². The Morgan fingerprint density at radius 1 is 1.00 bits per heavy atom. The lowest BCUT2D eigenvalue weighted by Gasteiger charge is -2.12. The van der Waals surface area contributed by atoms with E-state index in [2.05, 4.69) is 30.9 Å². The highest BCUT2D eigenvalue weighted by Gasteiger charge is 2.09. The fraction of sp³-hybridized carbons (Fsp3) is 0.500. The first-order chi connectivity index (χ1) is 7.76. The molecule has 0 aliphatic carbocycles. The minimum atomic E-state index is 0.271. The molecule has 0 spiro atoms. The molecular formula is C12H18OS3. The van der Waals surface area contributed by atoms with Crippen LogP contribution in [0.2, 0.25) is 0 Å². The van der Waals surface area contributed by atoms with Crippen LogP contribution in [0.5, 0.6) is 0 Å². The maximum Gasteiger partial charge on any atom is 0.0434 e. The summed E-state index contributed by atoms with van der Waals surface area (Å²) in [6, 6.07) is 4.51. The molecule has 0 bridgehead atoms. The van der Waals surface area contributed by atoms with Gasteiger partial charge in [-0.1, -0.05) is 0 Å². The third-order valence-electron chi connectivity index (χ3n) is 2.35. The molecule has 0 radical (unpaired) electrons. The minimum Gasteiger partial charge on any atom is -0.396 e. The molecule has 90 valence electrons. The first kappa shape index (κ1) is 14.3. The van der Waals surface area contributed by atoms with Gasteiger partial charge in [0.2, 0.25) is 0 Å². The smallest absolute Gasteiger partial charge is 0.0434 e. The number of aryl methyl sites for hydroxylation is 1. The molecule has 1 aromatic rings. The van der Waals surface area contributed by atoms with E-state index in [0.717, 1.165) is 12.8 Å². The van der Waals surface area contributed by atoms with Gasteiger partial charge >= 0.3 is 0 Å². The van der Waals surface area contributed by atoms with Crippen LogP contribution in [0.1, 0.15) is 12.0 Å². The molecule has 0 saturated carbocycles. The van der Waals surface area contributed by atoms with Gasteiger partial charge in [-0.05, 0) is 49.3 Å². The summed E-state index contributed by atoms with van der Waals surface area (Å²) in [5.41, 5.74) is 1.33. The SMILES string of the molecule is CSc1cc(CCCO)cc(SC)c1SC. The molecule has 0 saturated heterocycles. The van der Waals surface area contributed by atoms with Crippen molar-refractivity contribution in [3.63, 3.8) is 0 Å². The third-order valence-corrected chi connectivity index (χ3v) is 4.98. The summed E-state index contributed by atoms with van der Waals surface area (Å²) >= 11 is 5.41. The van der Waals surface area contributed by atoms with Crippen molar-refractivity contribution < 1.29 is 5.11 Å². The fourth-order valence-corrected chi connectivity index (χ4v) is 4.28. The van der Waals surface area contributed by atoms with E-state index in [1.54, 1.807) is 23.5 Å². The Bertz CT molecular complexity index is 314. The number of rotatable bonds is 6. The van der Waals surface area contributed by atoms with Gasteiger partial charge in [-0.2, -0.15) is 0 Å². The lowest BCUT2D eigenvalue weighted by molar-refractivity contribution is 0.288. The summed E-state index contributed by atoms with van der Waals surface area (Å²) in [4.78, 5) is 4.09. The van der Waals surface area contributed by atoms with Gasteiger partial charge in [-0.25, -0.2) is 0 Å². The Hall–Kier alpha value is 0.230. The van der Waals surface area contributed by atoms with Crippen molar-refractivity contribution in [2.75, 3.05) is 25.4 Å². The fourth-order valence-electron chi connectivity index (χ4n) is 1.56. The molecule has 4 heteroatoms. The Balaban J connectivity index is 3.05. The molecule has 0 aromatic heterocycles. The van der Waals surface area contributed by atoms with Gasteiger partial charge in [-0.3, -0.25) is 0 Å². The van der Waals surface area contributed by atoms with Crippen LogP contribution < -0.4 is 0 Å². The van der Waals surface area contributed by atoms with Gasteiger partial charge in [0.1, 0.15) is 0 Å². The first-order valence-electron chi connectivity index (χ1n) is 5.16. The van der Waals surface area contributed by atoms with Crippen molar-refractivity contribution in [1.82, 2.24) is 0 Å². The molecule has 1 N–H and O–H groups in total. The highest BCUT2D eigenvalue weighted by molar-refractivity contribution is 8.03. The van der Waals surface area contributed by atoms with E-state index in [0.29, 0.717) is 0 Å². The predicted octanol–water partition coefficient (Wildman–Crippen LogP) is 3.78. The molecule has 16 heavy (non-hydrogen) atoms. The van der Waals surface area contributed by atoms with E-state index in [4.69, 9.17) is 5.11 Å². The van der Waals surface area contributed by atoms with Crippen molar-refractivity contribution in [3.05, 3.63) is 17.7 Å². The largest absolute Gasteiger partial charge is 0.396 e. The highest BCUT2D eigenvalue weighted by Crippen LogP contribution is 2.37. The number of hydrogen-bond donors (Lipinski definition) is 1. The average Bonchev–Trinajstić information content (AvgIpc) is 2.34. The van der Waals surface area contributed by atoms with Gasteiger partial charge in [0.05, 0.1) is 0 Å². The second kappa shape index (κ2) is 7.54. The van der Waals surface area contributed by atoms with Crippen molar-refractivity contribution in [1.29, 1.82) is 0 Å². The highest BCUT2D eigenvalue weighted by atomic mass is 32.2. The molecule has 0 atom stereocenters. The predicted molar refractivity (Wildman–Crippen MR) is 77.2 cm³/mol. The zero-order valence-electron chi connectivity index (χ0n) is 9.95. The average molecular weight is 274 g/mol.